The third-order valence-electron chi connectivity index (χ3n) is 8.10. The highest BCUT2D eigenvalue weighted by Gasteiger charge is 2.24. The fourth-order valence-corrected chi connectivity index (χ4v) is 5.52. The molecule has 11 nitrogen and oxygen atoms in total. The molecule has 5 heterocycles. The van der Waals surface area contributed by atoms with Crippen molar-refractivity contribution in [3.8, 4) is 23.3 Å². The van der Waals surface area contributed by atoms with Gasteiger partial charge >= 0.3 is 5.76 Å². The van der Waals surface area contributed by atoms with Crippen LogP contribution in [0, 0.1) is 23.0 Å². The number of fused-ring (bicyclic) bond motifs is 1. The van der Waals surface area contributed by atoms with E-state index in [1.54, 1.807) is 24.4 Å². The number of pyridine rings is 1. The van der Waals surface area contributed by atoms with Gasteiger partial charge in [-0.2, -0.15) is 5.26 Å². The molecule has 7 rings (SSSR count). The summed E-state index contributed by atoms with van der Waals surface area (Å²) < 4.78 is 47.0. The van der Waals surface area contributed by atoms with Crippen LogP contribution in [0.4, 0.5) is 8.78 Å². The summed E-state index contributed by atoms with van der Waals surface area (Å²) in [5.41, 5.74) is 4.40. The van der Waals surface area contributed by atoms with Crippen molar-refractivity contribution < 1.29 is 22.8 Å². The average Bonchev–Trinajstić information content (AvgIpc) is 3.61. The molecule has 2 aliphatic rings. The second-order valence-corrected chi connectivity index (χ2v) is 11.0. The molecule has 0 radical (unpaired) electrons. The summed E-state index contributed by atoms with van der Waals surface area (Å²) in [5.74, 6) is -0.609. The van der Waals surface area contributed by atoms with Gasteiger partial charge in [0.25, 0.3) is 0 Å². The third-order valence-corrected chi connectivity index (χ3v) is 8.10. The highest BCUT2D eigenvalue weighted by Crippen LogP contribution is 2.30. The van der Waals surface area contributed by atoms with Crippen LogP contribution < -0.4 is 10.5 Å². The zero-order valence-electron chi connectivity index (χ0n) is 24.0. The van der Waals surface area contributed by atoms with Crippen LogP contribution in [0.3, 0.4) is 0 Å². The van der Waals surface area contributed by atoms with Crippen LogP contribution in [0.25, 0.3) is 28.1 Å². The summed E-state index contributed by atoms with van der Waals surface area (Å²) in [6.07, 6.45) is 5.66. The zero-order valence-corrected chi connectivity index (χ0v) is 24.0. The predicted octanol–water partition coefficient (Wildman–Crippen LogP) is 4.58. The molecule has 1 atom stereocenters. The van der Waals surface area contributed by atoms with Crippen molar-refractivity contribution in [2.75, 3.05) is 19.7 Å². The number of hydrogen-bond donors (Lipinski definition) is 1. The van der Waals surface area contributed by atoms with Gasteiger partial charge in [-0.3, -0.25) is 19.4 Å². The van der Waals surface area contributed by atoms with Gasteiger partial charge in [0.15, 0.2) is 11.6 Å². The van der Waals surface area contributed by atoms with Gasteiger partial charge in [0, 0.05) is 25.3 Å². The van der Waals surface area contributed by atoms with E-state index in [1.165, 1.54) is 18.2 Å². The van der Waals surface area contributed by atoms with Crippen molar-refractivity contribution in [3.05, 3.63) is 99.4 Å². The fourth-order valence-electron chi connectivity index (χ4n) is 5.52. The molecule has 5 aromatic rings. The Labute approximate surface area is 255 Å². The van der Waals surface area contributed by atoms with Crippen molar-refractivity contribution >= 4 is 16.6 Å². The van der Waals surface area contributed by atoms with E-state index in [9.17, 15) is 13.6 Å². The van der Waals surface area contributed by atoms with Gasteiger partial charge in [0.2, 0.25) is 5.82 Å². The van der Waals surface area contributed by atoms with E-state index in [0.717, 1.165) is 60.1 Å². The van der Waals surface area contributed by atoms with E-state index in [-0.39, 0.29) is 35.4 Å². The number of H-pyrrole nitrogens is 1. The number of rotatable bonds is 9. The molecule has 0 bridgehead atoms. The number of aromatic nitrogens is 5. The summed E-state index contributed by atoms with van der Waals surface area (Å²) in [5, 5.41) is 12.7. The lowest BCUT2D eigenvalue weighted by Gasteiger charge is -2.29. The molecule has 2 aromatic carbocycles. The SMILES string of the molecule is N#Cc1ccc(COc2cc(C3=CCN(Cc4nc5cc(-c6noc(=O)[nH]6)ncc5n4C[C@@H]4CCO4)CC3)ccc2F)c(F)c1. The van der Waals surface area contributed by atoms with E-state index < -0.39 is 17.4 Å². The lowest BCUT2D eigenvalue weighted by molar-refractivity contribution is -0.0591. The molecule has 13 heteroatoms. The number of hydrogen-bond acceptors (Lipinski definition) is 9. The van der Waals surface area contributed by atoms with Crippen LogP contribution in [0.1, 0.15) is 35.4 Å². The maximum absolute atomic E-state index is 14.6. The molecule has 1 N–H and O–H groups in total. The maximum Gasteiger partial charge on any atom is 0.439 e. The number of halogens is 2. The molecule has 1 fully saturated rings. The molecule has 45 heavy (non-hydrogen) atoms. The Morgan fingerprint density at radius 2 is 2.04 bits per heavy atom. The van der Waals surface area contributed by atoms with E-state index in [4.69, 9.17) is 19.7 Å². The molecule has 3 aromatic heterocycles. The second kappa shape index (κ2) is 12.1. The Balaban J connectivity index is 1.07. The second-order valence-electron chi connectivity index (χ2n) is 11.0. The van der Waals surface area contributed by atoms with Crippen molar-refractivity contribution in [1.29, 1.82) is 5.26 Å². The van der Waals surface area contributed by atoms with Crippen molar-refractivity contribution in [3.63, 3.8) is 0 Å². The minimum Gasteiger partial charge on any atom is -0.486 e. The van der Waals surface area contributed by atoms with Crippen LogP contribution in [-0.2, 0) is 24.4 Å². The number of benzene rings is 2. The Kier molecular flexibility index (Phi) is 7.66. The quantitative estimate of drug-likeness (QED) is 0.254. The molecule has 0 saturated carbocycles. The summed E-state index contributed by atoms with van der Waals surface area (Å²) in [7, 11) is 0. The minimum atomic E-state index is -0.652. The molecule has 0 unspecified atom stereocenters. The molecule has 0 aliphatic carbocycles. The highest BCUT2D eigenvalue weighted by atomic mass is 19.1. The van der Waals surface area contributed by atoms with Crippen LogP contribution in [0.15, 0.2) is 64.1 Å². The van der Waals surface area contributed by atoms with Crippen LogP contribution in [-0.4, -0.2) is 55.4 Å². The predicted molar refractivity (Wildman–Crippen MR) is 158 cm³/mol. The first-order valence-electron chi connectivity index (χ1n) is 14.5. The summed E-state index contributed by atoms with van der Waals surface area (Å²) in [6.45, 7) is 3.25. The molecular weight excluding hydrogens is 584 g/mol. The topological polar surface area (TPSA) is 135 Å². The van der Waals surface area contributed by atoms with Crippen molar-refractivity contribution in [2.24, 2.45) is 0 Å². The molecule has 228 valence electrons. The number of imidazole rings is 1. The van der Waals surface area contributed by atoms with E-state index >= 15 is 0 Å². The standard InChI is InChI=1S/C32H27F2N7O4/c33-24-4-3-21(12-29(24)44-18-22-2-1-19(14-35)11-25(22)34)20-5-8-40(9-6-20)17-30-37-26-13-27(31-38-32(42)45-39-31)36-15-28(26)41(30)16-23-7-10-43-23/h1-5,11-13,15,23H,6-10,16-18H2,(H,38,39,42)/t23-/m0/s1. The van der Waals surface area contributed by atoms with Gasteiger partial charge in [-0.25, -0.2) is 18.6 Å². The number of ether oxygens (including phenoxy) is 2. The Morgan fingerprint density at radius 1 is 1.16 bits per heavy atom. The van der Waals surface area contributed by atoms with E-state index in [2.05, 4.69) is 35.2 Å². The third kappa shape index (κ3) is 5.98. The highest BCUT2D eigenvalue weighted by molar-refractivity contribution is 5.79. The molecular formula is C32H27F2N7O4. The average molecular weight is 612 g/mol. The van der Waals surface area contributed by atoms with E-state index in [1.807, 2.05) is 6.07 Å². The number of nitrogens with zero attached hydrogens (tertiary/aromatic N) is 6. The van der Waals surface area contributed by atoms with Gasteiger partial charge in [0.05, 0.1) is 48.1 Å². The summed E-state index contributed by atoms with van der Waals surface area (Å²) >= 11 is 0. The molecule has 0 amide bonds. The molecule has 2 aliphatic heterocycles. The lowest BCUT2D eigenvalue weighted by atomic mass is 9.99. The summed E-state index contributed by atoms with van der Waals surface area (Å²) in [4.78, 5) is 25.6. The smallest absolute Gasteiger partial charge is 0.439 e. The number of nitriles is 1. The summed E-state index contributed by atoms with van der Waals surface area (Å²) in [6, 6.07) is 12.5. The Bertz CT molecular complexity index is 2020. The molecule has 1 saturated heterocycles. The van der Waals surface area contributed by atoms with Crippen LogP contribution in [0.5, 0.6) is 5.75 Å². The van der Waals surface area contributed by atoms with Crippen LogP contribution in [0.2, 0.25) is 0 Å². The van der Waals surface area contributed by atoms with Gasteiger partial charge in [-0.1, -0.05) is 23.4 Å². The first kappa shape index (κ1) is 28.6. The fraction of sp³-hybridized carbons (Fsp3) is 0.281. The van der Waals surface area contributed by atoms with Crippen molar-refractivity contribution in [1.82, 2.24) is 29.6 Å². The van der Waals surface area contributed by atoms with E-state index in [0.29, 0.717) is 25.3 Å². The number of nitrogens with one attached hydrogen (secondary N) is 1. The van der Waals surface area contributed by atoms with Crippen LogP contribution >= 0.6 is 0 Å². The molecule has 0 spiro atoms. The normalized spacial score (nSPS) is 16.7. The Hall–Kier alpha value is -5.19. The first-order valence-corrected chi connectivity index (χ1v) is 14.5. The number of aromatic amines is 1. The van der Waals surface area contributed by atoms with Crippen molar-refractivity contribution in [2.45, 2.75) is 38.6 Å². The first-order chi connectivity index (χ1) is 21.9. The monoisotopic (exact) mass is 611 g/mol. The van der Waals surface area contributed by atoms with Gasteiger partial charge in [-0.05, 0) is 54.3 Å². The maximum atomic E-state index is 14.6. The van der Waals surface area contributed by atoms with Gasteiger partial charge in [-0.15, -0.1) is 0 Å². The Morgan fingerprint density at radius 3 is 2.76 bits per heavy atom. The van der Waals surface area contributed by atoms with Gasteiger partial charge in [0.1, 0.15) is 23.9 Å². The zero-order chi connectivity index (χ0) is 30.9. The minimum absolute atomic E-state index is 0.0363. The lowest BCUT2D eigenvalue weighted by Crippen LogP contribution is -2.33. The largest absolute Gasteiger partial charge is 0.486 e. The van der Waals surface area contributed by atoms with Gasteiger partial charge < -0.3 is 14.0 Å².